The smallest absolute Gasteiger partial charge is 0.152 e. The lowest BCUT2D eigenvalue weighted by molar-refractivity contribution is 0.478. The van der Waals surface area contributed by atoms with Gasteiger partial charge in [-0.3, -0.25) is 0 Å². The van der Waals surface area contributed by atoms with E-state index in [-0.39, 0.29) is 6.04 Å². The molecule has 3 rings (SSSR count). The predicted molar refractivity (Wildman–Crippen MR) is 87.7 cm³/mol. The zero-order chi connectivity index (χ0) is 14.8. The van der Waals surface area contributed by atoms with Gasteiger partial charge < -0.3 is 10.2 Å². The molecule has 21 heavy (non-hydrogen) atoms. The standard InChI is InChI=1S/C18H18ClNO/c1-12-5-2-3-6-13(12)9-10-16(20)17-11-14-7-4-8-15(19)18(14)21-17/h2-8,11,16H,9-10,20H2,1H3. The maximum atomic E-state index is 6.27. The van der Waals surface area contributed by atoms with Crippen LogP contribution in [0.1, 0.15) is 29.3 Å². The van der Waals surface area contributed by atoms with E-state index in [2.05, 4.69) is 31.2 Å². The van der Waals surface area contributed by atoms with Crippen LogP contribution in [-0.4, -0.2) is 0 Å². The first-order chi connectivity index (χ1) is 10.1. The average Bonchev–Trinajstić information content (AvgIpc) is 2.92. The fraction of sp³-hybridized carbons (Fsp3) is 0.222. The van der Waals surface area contributed by atoms with Crippen LogP contribution in [-0.2, 0) is 6.42 Å². The molecular weight excluding hydrogens is 282 g/mol. The van der Waals surface area contributed by atoms with Crippen molar-refractivity contribution in [3.63, 3.8) is 0 Å². The lowest BCUT2D eigenvalue weighted by atomic mass is 10.0. The summed E-state index contributed by atoms with van der Waals surface area (Å²) in [6.45, 7) is 2.13. The maximum absolute atomic E-state index is 6.27. The third kappa shape index (κ3) is 2.97. The van der Waals surface area contributed by atoms with Crippen molar-refractivity contribution >= 4 is 22.6 Å². The molecule has 0 aliphatic rings. The first-order valence-corrected chi connectivity index (χ1v) is 7.51. The number of rotatable bonds is 4. The summed E-state index contributed by atoms with van der Waals surface area (Å²) in [6.07, 6.45) is 1.79. The van der Waals surface area contributed by atoms with Crippen molar-refractivity contribution < 1.29 is 4.42 Å². The van der Waals surface area contributed by atoms with Crippen LogP contribution in [0.5, 0.6) is 0 Å². The average molecular weight is 300 g/mol. The topological polar surface area (TPSA) is 39.2 Å². The molecule has 0 spiro atoms. The van der Waals surface area contributed by atoms with Crippen LogP contribution in [0.4, 0.5) is 0 Å². The van der Waals surface area contributed by atoms with E-state index >= 15 is 0 Å². The van der Waals surface area contributed by atoms with Crippen LogP contribution in [0.2, 0.25) is 5.02 Å². The quantitative estimate of drug-likeness (QED) is 0.734. The molecule has 0 aliphatic heterocycles. The lowest BCUT2D eigenvalue weighted by Crippen LogP contribution is -2.10. The second kappa shape index (κ2) is 5.92. The van der Waals surface area contributed by atoms with E-state index in [1.165, 1.54) is 11.1 Å². The minimum Gasteiger partial charge on any atom is -0.458 e. The molecule has 1 atom stereocenters. The molecule has 0 amide bonds. The Labute approximate surface area is 129 Å². The molecule has 2 aromatic carbocycles. The van der Waals surface area contributed by atoms with Crippen molar-refractivity contribution in [3.05, 3.63) is 70.4 Å². The molecule has 0 radical (unpaired) electrons. The molecule has 1 unspecified atom stereocenters. The van der Waals surface area contributed by atoms with E-state index < -0.39 is 0 Å². The van der Waals surface area contributed by atoms with E-state index in [4.69, 9.17) is 21.8 Å². The van der Waals surface area contributed by atoms with Crippen molar-refractivity contribution in [2.24, 2.45) is 5.73 Å². The Morgan fingerprint density at radius 1 is 1.14 bits per heavy atom. The van der Waals surface area contributed by atoms with Gasteiger partial charge in [-0.05, 0) is 43.0 Å². The van der Waals surface area contributed by atoms with E-state index in [1.807, 2.05) is 24.3 Å². The summed E-state index contributed by atoms with van der Waals surface area (Å²) in [6, 6.07) is 16.0. The second-order valence-corrected chi connectivity index (χ2v) is 5.79. The first-order valence-electron chi connectivity index (χ1n) is 7.13. The van der Waals surface area contributed by atoms with Crippen molar-refractivity contribution in [2.75, 3.05) is 0 Å². The number of furan rings is 1. The molecule has 0 fully saturated rings. The number of hydrogen-bond acceptors (Lipinski definition) is 2. The fourth-order valence-electron chi connectivity index (χ4n) is 2.57. The largest absolute Gasteiger partial charge is 0.458 e. The van der Waals surface area contributed by atoms with Gasteiger partial charge in [0.15, 0.2) is 5.58 Å². The highest BCUT2D eigenvalue weighted by Gasteiger charge is 2.14. The monoisotopic (exact) mass is 299 g/mol. The van der Waals surface area contributed by atoms with Crippen LogP contribution >= 0.6 is 11.6 Å². The van der Waals surface area contributed by atoms with Crippen molar-refractivity contribution in [2.45, 2.75) is 25.8 Å². The summed E-state index contributed by atoms with van der Waals surface area (Å²) in [5.74, 6) is 0.798. The van der Waals surface area contributed by atoms with Gasteiger partial charge in [0.2, 0.25) is 0 Å². The van der Waals surface area contributed by atoms with Gasteiger partial charge in [-0.25, -0.2) is 0 Å². The summed E-state index contributed by atoms with van der Waals surface area (Å²) < 4.78 is 5.82. The van der Waals surface area contributed by atoms with E-state index in [0.717, 1.165) is 29.6 Å². The lowest BCUT2D eigenvalue weighted by Gasteiger charge is -2.10. The summed E-state index contributed by atoms with van der Waals surface area (Å²) in [5, 5.41) is 1.63. The number of aryl methyl sites for hydroxylation is 2. The van der Waals surface area contributed by atoms with E-state index in [9.17, 15) is 0 Å². The Hall–Kier alpha value is -1.77. The third-order valence-electron chi connectivity index (χ3n) is 3.87. The minimum atomic E-state index is -0.118. The molecule has 0 saturated carbocycles. The maximum Gasteiger partial charge on any atom is 0.152 e. The molecule has 108 valence electrons. The molecule has 3 aromatic rings. The van der Waals surface area contributed by atoms with Crippen molar-refractivity contribution in [1.29, 1.82) is 0 Å². The minimum absolute atomic E-state index is 0.118. The van der Waals surface area contributed by atoms with E-state index in [1.54, 1.807) is 0 Å². The van der Waals surface area contributed by atoms with Gasteiger partial charge in [0.05, 0.1) is 11.1 Å². The summed E-state index contributed by atoms with van der Waals surface area (Å²) >= 11 is 6.13. The molecule has 2 nitrogen and oxygen atoms in total. The highest BCUT2D eigenvalue weighted by molar-refractivity contribution is 6.34. The zero-order valence-electron chi connectivity index (χ0n) is 12.0. The van der Waals surface area contributed by atoms with Gasteiger partial charge in [0.25, 0.3) is 0 Å². The summed E-state index contributed by atoms with van der Waals surface area (Å²) in [4.78, 5) is 0. The van der Waals surface area contributed by atoms with Gasteiger partial charge in [0.1, 0.15) is 5.76 Å². The molecule has 1 heterocycles. The summed E-state index contributed by atoms with van der Waals surface area (Å²) in [7, 11) is 0. The van der Waals surface area contributed by atoms with Gasteiger partial charge in [-0.2, -0.15) is 0 Å². The van der Waals surface area contributed by atoms with Gasteiger partial charge in [0, 0.05) is 5.39 Å². The molecular formula is C18H18ClNO. The molecule has 1 aromatic heterocycles. The van der Waals surface area contributed by atoms with Crippen molar-refractivity contribution in [1.82, 2.24) is 0 Å². The van der Waals surface area contributed by atoms with Gasteiger partial charge in [-0.15, -0.1) is 0 Å². The SMILES string of the molecule is Cc1ccccc1CCC(N)c1cc2cccc(Cl)c2o1. The Morgan fingerprint density at radius 2 is 1.95 bits per heavy atom. The second-order valence-electron chi connectivity index (χ2n) is 5.38. The van der Waals surface area contributed by atoms with Crippen LogP contribution in [0.25, 0.3) is 11.0 Å². The fourth-order valence-corrected chi connectivity index (χ4v) is 2.79. The number of hydrogen-bond donors (Lipinski definition) is 1. The predicted octanol–water partition coefficient (Wildman–Crippen LogP) is 5.03. The Bertz CT molecular complexity index is 763. The Morgan fingerprint density at radius 3 is 2.71 bits per heavy atom. The normalized spacial score (nSPS) is 12.7. The molecule has 0 saturated heterocycles. The van der Waals surface area contributed by atoms with Crippen LogP contribution in [0, 0.1) is 6.92 Å². The Balaban J connectivity index is 1.76. The van der Waals surface area contributed by atoms with Crippen LogP contribution in [0.3, 0.4) is 0 Å². The highest BCUT2D eigenvalue weighted by atomic mass is 35.5. The molecule has 0 bridgehead atoms. The number of benzene rings is 2. The Kier molecular flexibility index (Phi) is 4.00. The van der Waals surface area contributed by atoms with Gasteiger partial charge >= 0.3 is 0 Å². The number of nitrogens with two attached hydrogens (primary N) is 1. The number of fused-ring (bicyclic) bond motifs is 1. The number of para-hydroxylation sites is 1. The zero-order valence-corrected chi connectivity index (χ0v) is 12.7. The number of halogens is 1. The first kappa shape index (κ1) is 14.2. The molecule has 3 heteroatoms. The molecule has 0 aliphatic carbocycles. The van der Waals surface area contributed by atoms with Crippen LogP contribution < -0.4 is 5.73 Å². The third-order valence-corrected chi connectivity index (χ3v) is 4.16. The molecule has 2 N–H and O–H groups in total. The summed E-state index contributed by atoms with van der Waals surface area (Å²) in [5.41, 5.74) is 9.63. The van der Waals surface area contributed by atoms with E-state index in [0.29, 0.717) is 5.02 Å². The van der Waals surface area contributed by atoms with Crippen molar-refractivity contribution in [3.8, 4) is 0 Å². The van der Waals surface area contributed by atoms with Gasteiger partial charge in [-0.1, -0.05) is 48.0 Å². The van der Waals surface area contributed by atoms with Crippen LogP contribution in [0.15, 0.2) is 52.9 Å². The highest BCUT2D eigenvalue weighted by Crippen LogP contribution is 2.30.